The van der Waals surface area contributed by atoms with Crippen LogP contribution >= 0.6 is 0 Å². The van der Waals surface area contributed by atoms with Gasteiger partial charge in [-0.05, 0) is 54.2 Å². The molecule has 8 aromatic rings. The van der Waals surface area contributed by atoms with Crippen LogP contribution in [0.4, 0.5) is 0 Å². The van der Waals surface area contributed by atoms with E-state index in [4.69, 9.17) is 9.47 Å². The second-order valence-electron chi connectivity index (χ2n) is 19.3. The molecule has 16 heteroatoms. The fourth-order valence-electron chi connectivity index (χ4n) is 10.2. The number of ether oxygens (including phenoxy) is 2. The molecule has 0 aliphatic carbocycles. The van der Waals surface area contributed by atoms with Crippen LogP contribution in [0.2, 0.25) is 0 Å². The van der Waals surface area contributed by atoms with E-state index in [2.05, 4.69) is 148 Å². The standard InChI is InChI=1S/2C31H34N6O2/c2*1-39-31(38)28(24-26-14-7-3-8-15-26)37-30(32-33-34-37)29(27-17-9-4-10-18-27)36-22-20-35(21-23-36)19-11-16-25-12-5-2-6-13-25/h2*2-18,28-29H,19-24H2,1H3/b2*16-11+/t2*28?,29-/m10/s1. The van der Waals surface area contributed by atoms with E-state index in [9.17, 15) is 9.59 Å². The second kappa shape index (κ2) is 28.2. The Kier molecular flexibility index (Phi) is 19.7. The third-order valence-electron chi connectivity index (χ3n) is 14.3. The molecular formula is C62H68N12O4. The molecule has 0 amide bonds. The molecular weight excluding hydrogens is 977 g/mol. The maximum absolute atomic E-state index is 13.0. The summed E-state index contributed by atoms with van der Waals surface area (Å²) in [5.41, 5.74) is 6.64. The van der Waals surface area contributed by atoms with Gasteiger partial charge >= 0.3 is 11.9 Å². The van der Waals surface area contributed by atoms with E-state index in [-0.39, 0.29) is 24.0 Å². The molecule has 2 aromatic heterocycles. The maximum Gasteiger partial charge on any atom is 0.331 e. The minimum Gasteiger partial charge on any atom is -0.467 e. The average molecular weight is 1050 g/mol. The average Bonchev–Trinajstić information content (AvgIpc) is 4.21. The van der Waals surface area contributed by atoms with Gasteiger partial charge in [0.15, 0.2) is 23.7 Å². The molecule has 2 unspecified atom stereocenters. The van der Waals surface area contributed by atoms with Crippen molar-refractivity contribution in [2.24, 2.45) is 0 Å². The quantitative estimate of drug-likeness (QED) is 0.0676. The third kappa shape index (κ3) is 14.6. The Hall–Kier alpha value is -8.28. The predicted octanol–water partition coefficient (Wildman–Crippen LogP) is 8.10. The van der Waals surface area contributed by atoms with Gasteiger partial charge in [-0.2, -0.15) is 0 Å². The Morgan fingerprint density at radius 1 is 0.449 bits per heavy atom. The molecule has 4 heterocycles. The molecule has 400 valence electrons. The number of nitrogens with zero attached hydrogens (tertiary/aromatic N) is 12. The van der Waals surface area contributed by atoms with Crippen LogP contribution in [0.5, 0.6) is 0 Å². The SMILES string of the molecule is COC(=O)C(Cc1ccccc1)n1nnnc1[C@@H](c1ccccc1)N1CCN(C/C=C/c2ccccc2)CC1.COC(=O)C(Cc1ccccc1)n1nnnc1[C@H](c1ccccc1)N1CCN(C/C=C/c2ccccc2)CC1. The van der Waals surface area contributed by atoms with Crippen molar-refractivity contribution in [1.29, 1.82) is 0 Å². The number of tetrazole rings is 2. The zero-order valence-electron chi connectivity index (χ0n) is 44.4. The summed E-state index contributed by atoms with van der Waals surface area (Å²) in [7, 11) is 2.81. The number of hydrogen-bond donors (Lipinski definition) is 0. The number of carbonyl (C=O) groups excluding carboxylic acids is 2. The first-order valence-corrected chi connectivity index (χ1v) is 26.7. The second-order valence-corrected chi connectivity index (χ2v) is 19.3. The van der Waals surface area contributed by atoms with E-state index in [0.717, 1.165) is 87.7 Å². The van der Waals surface area contributed by atoms with Crippen molar-refractivity contribution in [3.8, 4) is 0 Å². The lowest BCUT2D eigenvalue weighted by Crippen LogP contribution is -2.48. The summed E-state index contributed by atoms with van der Waals surface area (Å²) in [6.45, 7) is 8.92. The molecule has 2 aliphatic rings. The number of piperazine rings is 2. The summed E-state index contributed by atoms with van der Waals surface area (Å²) in [5, 5.41) is 25.7. The molecule has 0 bridgehead atoms. The first kappa shape index (κ1) is 54.5. The number of methoxy groups -OCH3 is 2. The van der Waals surface area contributed by atoms with Gasteiger partial charge in [-0.15, -0.1) is 10.2 Å². The zero-order chi connectivity index (χ0) is 53.7. The Morgan fingerprint density at radius 3 is 1.10 bits per heavy atom. The number of rotatable bonds is 20. The van der Waals surface area contributed by atoms with E-state index >= 15 is 0 Å². The minimum atomic E-state index is -0.668. The topological polar surface area (TPSA) is 153 Å². The van der Waals surface area contributed by atoms with Crippen LogP contribution in [0.1, 0.15) is 69.2 Å². The van der Waals surface area contributed by atoms with Gasteiger partial charge < -0.3 is 9.47 Å². The summed E-state index contributed by atoms with van der Waals surface area (Å²) >= 11 is 0. The van der Waals surface area contributed by atoms with Crippen LogP contribution in [0, 0.1) is 0 Å². The molecule has 2 aliphatic heterocycles. The Bertz CT molecular complexity index is 2880. The number of aromatic nitrogens is 8. The normalized spacial score (nSPS) is 16.2. The Balaban J connectivity index is 0.000000190. The van der Waals surface area contributed by atoms with E-state index in [1.54, 1.807) is 9.36 Å². The van der Waals surface area contributed by atoms with Crippen molar-refractivity contribution in [1.82, 2.24) is 60.0 Å². The van der Waals surface area contributed by atoms with Crippen LogP contribution in [0.15, 0.2) is 194 Å². The van der Waals surface area contributed by atoms with Crippen molar-refractivity contribution in [2.45, 2.75) is 37.0 Å². The fraction of sp³-hybridized carbons (Fsp3) is 0.290. The maximum atomic E-state index is 13.0. The highest BCUT2D eigenvalue weighted by Crippen LogP contribution is 2.32. The van der Waals surface area contributed by atoms with Crippen LogP contribution < -0.4 is 0 Å². The van der Waals surface area contributed by atoms with Crippen LogP contribution in [-0.2, 0) is 31.9 Å². The molecule has 2 fully saturated rings. The highest BCUT2D eigenvalue weighted by Gasteiger charge is 2.36. The molecule has 6 aromatic carbocycles. The minimum absolute atomic E-state index is 0.189. The lowest BCUT2D eigenvalue weighted by molar-refractivity contribution is -0.145. The first-order chi connectivity index (χ1) is 38.4. The molecule has 16 nitrogen and oxygen atoms in total. The molecule has 10 rings (SSSR count). The molecule has 0 N–H and O–H groups in total. The summed E-state index contributed by atoms with van der Waals surface area (Å²) in [6, 6.07) is 59.3. The highest BCUT2D eigenvalue weighted by atomic mass is 16.5. The smallest absolute Gasteiger partial charge is 0.331 e. The Morgan fingerprint density at radius 2 is 0.769 bits per heavy atom. The zero-order valence-corrected chi connectivity index (χ0v) is 44.4. The van der Waals surface area contributed by atoms with Crippen LogP contribution in [-0.4, -0.2) is 152 Å². The lowest BCUT2D eigenvalue weighted by Gasteiger charge is -2.38. The number of hydrogen-bond acceptors (Lipinski definition) is 14. The van der Waals surface area contributed by atoms with Gasteiger partial charge in [0.25, 0.3) is 0 Å². The summed E-state index contributed by atoms with van der Waals surface area (Å²) in [6.07, 6.45) is 9.68. The van der Waals surface area contributed by atoms with E-state index < -0.39 is 12.1 Å². The summed E-state index contributed by atoms with van der Waals surface area (Å²) in [4.78, 5) is 35.7. The predicted molar refractivity (Wildman–Crippen MR) is 302 cm³/mol. The fourth-order valence-corrected chi connectivity index (χ4v) is 10.2. The monoisotopic (exact) mass is 1040 g/mol. The van der Waals surface area contributed by atoms with Gasteiger partial charge in [0, 0.05) is 78.3 Å². The van der Waals surface area contributed by atoms with Gasteiger partial charge in [0.05, 0.1) is 26.3 Å². The number of carbonyl (C=O) groups is 2. The first-order valence-electron chi connectivity index (χ1n) is 26.7. The van der Waals surface area contributed by atoms with E-state index in [1.807, 2.05) is 109 Å². The lowest BCUT2D eigenvalue weighted by atomic mass is 10.0. The molecule has 0 spiro atoms. The molecule has 2 saturated heterocycles. The molecule has 4 atom stereocenters. The van der Waals surface area contributed by atoms with Gasteiger partial charge in [0.2, 0.25) is 0 Å². The van der Waals surface area contributed by atoms with Crippen molar-refractivity contribution in [3.05, 3.63) is 239 Å². The van der Waals surface area contributed by atoms with Crippen LogP contribution in [0.25, 0.3) is 12.2 Å². The number of esters is 2. The molecule has 78 heavy (non-hydrogen) atoms. The number of benzene rings is 6. The van der Waals surface area contributed by atoms with Gasteiger partial charge in [-0.1, -0.05) is 206 Å². The van der Waals surface area contributed by atoms with E-state index in [1.165, 1.54) is 25.3 Å². The van der Waals surface area contributed by atoms with Gasteiger partial charge in [0.1, 0.15) is 0 Å². The molecule has 0 saturated carbocycles. The third-order valence-corrected chi connectivity index (χ3v) is 14.3. The van der Waals surface area contributed by atoms with Crippen molar-refractivity contribution in [3.63, 3.8) is 0 Å². The highest BCUT2D eigenvalue weighted by molar-refractivity contribution is 5.75. The van der Waals surface area contributed by atoms with E-state index in [0.29, 0.717) is 24.5 Å². The summed E-state index contributed by atoms with van der Waals surface area (Å²) < 4.78 is 13.7. The largest absolute Gasteiger partial charge is 0.467 e. The summed E-state index contributed by atoms with van der Waals surface area (Å²) in [5.74, 6) is 0.554. The van der Waals surface area contributed by atoms with Crippen molar-refractivity contribution < 1.29 is 19.1 Å². The van der Waals surface area contributed by atoms with Crippen LogP contribution in [0.3, 0.4) is 0 Å². The molecule has 0 radical (unpaired) electrons. The van der Waals surface area contributed by atoms with Gasteiger partial charge in [-0.3, -0.25) is 19.6 Å². The Labute approximate surface area is 457 Å². The van der Waals surface area contributed by atoms with Gasteiger partial charge in [-0.25, -0.2) is 19.0 Å². The van der Waals surface area contributed by atoms with Crippen molar-refractivity contribution >= 4 is 24.1 Å². The van der Waals surface area contributed by atoms with Crippen molar-refractivity contribution in [2.75, 3.05) is 79.7 Å².